The molecule has 0 bridgehead atoms. The molecule has 2 aromatic heterocycles. The number of rotatable bonds is 6. The minimum Gasteiger partial charge on any atom is -0.332 e. The fraction of sp³-hybridized carbons (Fsp3) is 0.364. The van der Waals surface area contributed by atoms with E-state index in [4.69, 9.17) is 4.84 Å². The van der Waals surface area contributed by atoms with E-state index in [-0.39, 0.29) is 5.91 Å². The van der Waals surface area contributed by atoms with E-state index >= 15 is 0 Å². The molecule has 4 rings (SSSR count). The summed E-state index contributed by atoms with van der Waals surface area (Å²) in [5.41, 5.74) is 8.72. The topological polar surface area (TPSA) is 56.1 Å². The standard InChI is InChI=1S/C22H25N3O2/c1-14-6-9-17(15(2)11-14)12-19-20(22(26)24-27-13-16-7-8-16)18-5-4-10-23-21(18)25(19)3/h4-6,9-11,16H,7-8,12-13H2,1-3H3,(H,24,26). The van der Waals surface area contributed by atoms with Gasteiger partial charge in [-0.05, 0) is 55.9 Å². The van der Waals surface area contributed by atoms with Crippen molar-refractivity contribution < 1.29 is 9.63 Å². The van der Waals surface area contributed by atoms with Crippen molar-refractivity contribution in [2.75, 3.05) is 6.61 Å². The molecular weight excluding hydrogens is 338 g/mol. The van der Waals surface area contributed by atoms with Crippen LogP contribution in [0, 0.1) is 19.8 Å². The van der Waals surface area contributed by atoms with Crippen LogP contribution in [0.1, 0.15) is 45.6 Å². The summed E-state index contributed by atoms with van der Waals surface area (Å²) in [6.45, 7) is 4.79. The van der Waals surface area contributed by atoms with Crippen LogP contribution < -0.4 is 5.48 Å². The third-order valence-electron chi connectivity index (χ3n) is 5.33. The van der Waals surface area contributed by atoms with E-state index in [0.29, 0.717) is 24.5 Å². The average Bonchev–Trinajstić information content (AvgIpc) is 3.42. The molecule has 0 unspecified atom stereocenters. The monoisotopic (exact) mass is 363 g/mol. The van der Waals surface area contributed by atoms with Crippen molar-refractivity contribution in [3.63, 3.8) is 0 Å². The maximum atomic E-state index is 12.9. The molecule has 0 saturated heterocycles. The second-order valence-corrected chi connectivity index (χ2v) is 7.55. The van der Waals surface area contributed by atoms with Crippen molar-refractivity contribution in [3.8, 4) is 0 Å². The first-order valence-electron chi connectivity index (χ1n) is 9.45. The first-order valence-corrected chi connectivity index (χ1v) is 9.45. The molecule has 3 aromatic rings. The molecule has 1 saturated carbocycles. The quantitative estimate of drug-likeness (QED) is 0.677. The Morgan fingerprint density at radius 2 is 2.11 bits per heavy atom. The van der Waals surface area contributed by atoms with Crippen molar-refractivity contribution in [2.45, 2.75) is 33.1 Å². The van der Waals surface area contributed by atoms with E-state index in [1.54, 1.807) is 6.20 Å². The molecule has 2 heterocycles. The van der Waals surface area contributed by atoms with Crippen LogP contribution >= 0.6 is 0 Å². The van der Waals surface area contributed by atoms with Gasteiger partial charge in [-0.2, -0.15) is 0 Å². The number of nitrogens with zero attached hydrogens (tertiary/aromatic N) is 2. The van der Waals surface area contributed by atoms with Gasteiger partial charge in [0.1, 0.15) is 5.65 Å². The molecule has 5 heteroatoms. The number of fused-ring (bicyclic) bond motifs is 1. The van der Waals surface area contributed by atoms with Crippen LogP contribution in [-0.2, 0) is 18.3 Å². The molecule has 1 aliphatic carbocycles. The van der Waals surface area contributed by atoms with Crippen molar-refractivity contribution in [3.05, 3.63) is 64.5 Å². The molecule has 140 valence electrons. The van der Waals surface area contributed by atoms with Gasteiger partial charge in [0.05, 0.1) is 12.2 Å². The average molecular weight is 363 g/mol. The fourth-order valence-electron chi connectivity index (χ4n) is 3.56. The van der Waals surface area contributed by atoms with Crippen molar-refractivity contribution in [1.82, 2.24) is 15.0 Å². The van der Waals surface area contributed by atoms with Crippen molar-refractivity contribution in [2.24, 2.45) is 13.0 Å². The smallest absolute Gasteiger partial charge is 0.277 e. The van der Waals surface area contributed by atoms with Gasteiger partial charge in [-0.25, -0.2) is 10.5 Å². The lowest BCUT2D eigenvalue weighted by atomic mass is 9.99. The van der Waals surface area contributed by atoms with Crippen LogP contribution in [0.5, 0.6) is 0 Å². The number of aromatic nitrogens is 2. The van der Waals surface area contributed by atoms with E-state index < -0.39 is 0 Å². The zero-order valence-corrected chi connectivity index (χ0v) is 16.1. The van der Waals surface area contributed by atoms with E-state index in [2.05, 4.69) is 42.5 Å². The maximum absolute atomic E-state index is 12.9. The lowest BCUT2D eigenvalue weighted by Crippen LogP contribution is -2.26. The summed E-state index contributed by atoms with van der Waals surface area (Å²) in [4.78, 5) is 22.9. The molecular formula is C22H25N3O2. The summed E-state index contributed by atoms with van der Waals surface area (Å²) in [6.07, 6.45) is 4.80. The molecule has 0 aliphatic heterocycles. The van der Waals surface area contributed by atoms with Gasteiger partial charge in [-0.3, -0.25) is 9.63 Å². The highest BCUT2D eigenvalue weighted by atomic mass is 16.7. The Balaban J connectivity index is 1.71. The molecule has 1 amide bonds. The van der Waals surface area contributed by atoms with Gasteiger partial charge >= 0.3 is 0 Å². The molecule has 1 aromatic carbocycles. The van der Waals surface area contributed by atoms with Crippen LogP contribution in [0.4, 0.5) is 0 Å². The summed E-state index contributed by atoms with van der Waals surface area (Å²) in [5, 5.41) is 0.854. The number of nitrogens with one attached hydrogen (secondary N) is 1. The Bertz CT molecular complexity index is 1000. The molecule has 1 aliphatic rings. The number of hydroxylamine groups is 1. The normalized spacial score (nSPS) is 13.9. The van der Waals surface area contributed by atoms with Gasteiger partial charge in [-0.15, -0.1) is 0 Å². The number of hydrogen-bond acceptors (Lipinski definition) is 3. The second-order valence-electron chi connectivity index (χ2n) is 7.55. The number of hydrogen-bond donors (Lipinski definition) is 1. The summed E-state index contributed by atoms with van der Waals surface area (Å²) in [5.74, 6) is 0.392. The van der Waals surface area contributed by atoms with Gasteiger partial charge in [0.25, 0.3) is 5.91 Å². The summed E-state index contributed by atoms with van der Waals surface area (Å²) in [6, 6.07) is 10.2. The number of pyridine rings is 1. The van der Waals surface area contributed by atoms with E-state index in [1.807, 2.05) is 23.7 Å². The minimum atomic E-state index is -0.200. The minimum absolute atomic E-state index is 0.200. The first kappa shape index (κ1) is 17.7. The third-order valence-corrected chi connectivity index (χ3v) is 5.33. The van der Waals surface area contributed by atoms with E-state index in [1.165, 1.54) is 29.5 Å². The summed E-state index contributed by atoms with van der Waals surface area (Å²) >= 11 is 0. The largest absolute Gasteiger partial charge is 0.332 e. The van der Waals surface area contributed by atoms with Gasteiger partial charge in [-0.1, -0.05) is 23.8 Å². The molecule has 5 nitrogen and oxygen atoms in total. The predicted octanol–water partition coefficient (Wildman–Crippen LogP) is 3.85. The highest BCUT2D eigenvalue weighted by Gasteiger charge is 2.25. The van der Waals surface area contributed by atoms with Crippen molar-refractivity contribution in [1.29, 1.82) is 0 Å². The Hall–Kier alpha value is -2.66. The molecule has 27 heavy (non-hydrogen) atoms. The van der Waals surface area contributed by atoms with E-state index in [0.717, 1.165) is 16.7 Å². The Labute approximate surface area is 159 Å². The number of aryl methyl sites for hydroxylation is 3. The van der Waals surface area contributed by atoms with E-state index in [9.17, 15) is 4.79 Å². The summed E-state index contributed by atoms with van der Waals surface area (Å²) in [7, 11) is 1.97. The lowest BCUT2D eigenvalue weighted by molar-refractivity contribution is 0.0271. The second kappa shape index (κ2) is 7.16. The SMILES string of the molecule is Cc1ccc(Cc2c(C(=O)NOCC3CC3)c3cccnc3n2C)c(C)c1. The zero-order chi connectivity index (χ0) is 19.0. The van der Waals surface area contributed by atoms with Gasteiger partial charge in [0.2, 0.25) is 0 Å². The summed E-state index contributed by atoms with van der Waals surface area (Å²) < 4.78 is 2.02. The van der Waals surface area contributed by atoms with Gasteiger partial charge in [0.15, 0.2) is 0 Å². The molecule has 0 atom stereocenters. The Kier molecular flexibility index (Phi) is 4.70. The van der Waals surface area contributed by atoms with Crippen LogP contribution in [0.2, 0.25) is 0 Å². The first-order chi connectivity index (χ1) is 13.0. The lowest BCUT2D eigenvalue weighted by Gasteiger charge is -2.11. The fourth-order valence-corrected chi connectivity index (χ4v) is 3.56. The molecule has 1 N–H and O–H groups in total. The van der Waals surface area contributed by atoms with Gasteiger partial charge < -0.3 is 4.57 Å². The molecule has 1 fully saturated rings. The van der Waals surface area contributed by atoms with Crippen molar-refractivity contribution >= 4 is 16.9 Å². The van der Waals surface area contributed by atoms with Crippen LogP contribution in [0.3, 0.4) is 0 Å². The van der Waals surface area contributed by atoms with Crippen LogP contribution in [0.25, 0.3) is 11.0 Å². The number of amides is 1. The van der Waals surface area contributed by atoms with Crippen LogP contribution in [0.15, 0.2) is 36.5 Å². The highest BCUT2D eigenvalue weighted by Crippen LogP contribution is 2.29. The highest BCUT2D eigenvalue weighted by molar-refractivity contribution is 6.07. The maximum Gasteiger partial charge on any atom is 0.277 e. The molecule has 0 spiro atoms. The number of carbonyl (C=O) groups is 1. The number of benzene rings is 1. The predicted molar refractivity (Wildman–Crippen MR) is 106 cm³/mol. The Morgan fingerprint density at radius 1 is 1.30 bits per heavy atom. The Morgan fingerprint density at radius 3 is 2.85 bits per heavy atom. The van der Waals surface area contributed by atoms with Gasteiger partial charge in [0, 0.05) is 30.7 Å². The molecule has 0 radical (unpaired) electrons. The third kappa shape index (κ3) is 3.60. The number of carbonyl (C=O) groups excluding carboxylic acids is 1. The zero-order valence-electron chi connectivity index (χ0n) is 16.1. The van der Waals surface area contributed by atoms with Crippen LogP contribution in [-0.4, -0.2) is 22.1 Å².